The van der Waals surface area contributed by atoms with Gasteiger partial charge in [-0.25, -0.2) is 5.01 Å². The predicted molar refractivity (Wildman–Crippen MR) is 127 cm³/mol. The van der Waals surface area contributed by atoms with Gasteiger partial charge in [-0.1, -0.05) is 54.6 Å². The van der Waals surface area contributed by atoms with E-state index in [1.165, 1.54) is 12.1 Å². The Hall–Kier alpha value is -4.39. The van der Waals surface area contributed by atoms with E-state index in [9.17, 15) is 9.59 Å². The van der Waals surface area contributed by atoms with Crippen LogP contribution in [-0.2, 0) is 9.59 Å². The molecule has 0 bridgehead atoms. The summed E-state index contributed by atoms with van der Waals surface area (Å²) < 4.78 is 11.1. The maximum Gasteiger partial charge on any atom is 0.276 e. The lowest BCUT2D eigenvalue weighted by Crippen LogP contribution is -2.20. The molecule has 166 valence electrons. The highest BCUT2D eigenvalue weighted by Crippen LogP contribution is 2.30. The van der Waals surface area contributed by atoms with Crippen LogP contribution in [0.4, 0.5) is 5.69 Å². The van der Waals surface area contributed by atoms with Crippen LogP contribution in [0.3, 0.4) is 0 Å². The first-order valence-electron chi connectivity index (χ1n) is 10.3. The molecule has 3 aromatic carbocycles. The zero-order valence-electron chi connectivity index (χ0n) is 18.3. The van der Waals surface area contributed by atoms with E-state index in [1.807, 2.05) is 48.5 Å². The van der Waals surface area contributed by atoms with Gasteiger partial charge in [-0.2, -0.15) is 5.10 Å². The van der Waals surface area contributed by atoms with Crippen molar-refractivity contribution < 1.29 is 19.1 Å². The first-order valence-corrected chi connectivity index (χ1v) is 10.3. The number of methoxy groups -OCH3 is 1. The van der Waals surface area contributed by atoms with Crippen molar-refractivity contribution in [2.24, 2.45) is 5.10 Å². The van der Waals surface area contributed by atoms with Crippen LogP contribution >= 0.6 is 0 Å². The van der Waals surface area contributed by atoms with Gasteiger partial charge in [0.25, 0.3) is 11.8 Å². The van der Waals surface area contributed by atoms with Crippen molar-refractivity contribution in [2.45, 2.75) is 0 Å². The fourth-order valence-corrected chi connectivity index (χ4v) is 3.39. The Bertz CT molecular complexity index is 1220. The second kappa shape index (κ2) is 9.82. The lowest BCUT2D eigenvalue weighted by molar-refractivity contribution is -0.124. The van der Waals surface area contributed by atoms with E-state index < -0.39 is 0 Å². The molecular weight excluding hydrogens is 418 g/mol. The third-order valence-corrected chi connectivity index (χ3v) is 4.99. The molecule has 4 rings (SSSR count). The van der Waals surface area contributed by atoms with E-state index in [1.54, 1.807) is 43.5 Å². The summed E-state index contributed by atoms with van der Waals surface area (Å²) in [5, 5.41) is 8.49. The molecular formula is C26H23N3O4. The molecule has 0 spiro atoms. The van der Waals surface area contributed by atoms with Gasteiger partial charge in [-0.05, 0) is 35.9 Å². The summed E-state index contributed by atoms with van der Waals surface area (Å²) in [6.07, 6.45) is 1.77. The van der Waals surface area contributed by atoms with Crippen molar-refractivity contribution in [2.75, 3.05) is 26.1 Å². The van der Waals surface area contributed by atoms with Crippen LogP contribution in [0.5, 0.6) is 11.5 Å². The summed E-state index contributed by atoms with van der Waals surface area (Å²) >= 11 is 0. The van der Waals surface area contributed by atoms with Crippen molar-refractivity contribution in [1.29, 1.82) is 0 Å². The number of benzene rings is 3. The number of rotatable bonds is 7. The second-order valence-electron chi connectivity index (χ2n) is 7.31. The fourth-order valence-electron chi connectivity index (χ4n) is 3.39. The Balaban J connectivity index is 1.51. The van der Waals surface area contributed by atoms with Gasteiger partial charge in [0.15, 0.2) is 18.1 Å². The molecule has 1 N–H and O–H groups in total. The molecule has 7 heteroatoms. The SMILES string of the molecule is COc1cc(C=C2C(=O)N(C)N=C2c2ccccc2)ccc1OCC(=O)Nc1ccccc1. The monoisotopic (exact) mass is 441 g/mol. The number of amides is 2. The van der Waals surface area contributed by atoms with Crippen molar-refractivity contribution in [1.82, 2.24) is 5.01 Å². The lowest BCUT2D eigenvalue weighted by atomic mass is 10.0. The third-order valence-electron chi connectivity index (χ3n) is 4.99. The molecule has 7 nitrogen and oxygen atoms in total. The van der Waals surface area contributed by atoms with Crippen molar-refractivity contribution in [3.8, 4) is 11.5 Å². The largest absolute Gasteiger partial charge is 0.493 e. The van der Waals surface area contributed by atoms with E-state index in [4.69, 9.17) is 9.47 Å². The molecule has 0 unspecified atom stereocenters. The molecule has 1 aliphatic heterocycles. The van der Waals surface area contributed by atoms with Gasteiger partial charge in [0, 0.05) is 18.3 Å². The minimum atomic E-state index is -0.280. The molecule has 0 radical (unpaired) electrons. The third kappa shape index (κ3) is 5.10. The summed E-state index contributed by atoms with van der Waals surface area (Å²) in [4.78, 5) is 24.9. The summed E-state index contributed by atoms with van der Waals surface area (Å²) in [5.74, 6) is 0.409. The molecule has 0 aromatic heterocycles. The van der Waals surface area contributed by atoms with Crippen LogP contribution in [-0.4, -0.2) is 43.3 Å². The number of hydrogen-bond acceptors (Lipinski definition) is 5. The van der Waals surface area contributed by atoms with E-state index in [0.717, 1.165) is 11.1 Å². The number of hydrogen-bond donors (Lipinski definition) is 1. The highest BCUT2D eigenvalue weighted by Gasteiger charge is 2.28. The quantitative estimate of drug-likeness (QED) is 0.563. The van der Waals surface area contributed by atoms with E-state index in [2.05, 4.69) is 10.4 Å². The molecule has 0 saturated heterocycles. The Labute approximate surface area is 191 Å². The Kier molecular flexibility index (Phi) is 6.50. The van der Waals surface area contributed by atoms with Crippen molar-refractivity contribution >= 4 is 29.3 Å². The fraction of sp³-hybridized carbons (Fsp3) is 0.115. The average Bonchev–Trinajstić information content (AvgIpc) is 3.12. The summed E-state index contributed by atoms with van der Waals surface area (Å²) in [6, 6.07) is 24.0. The molecule has 0 fully saturated rings. The van der Waals surface area contributed by atoms with Crippen LogP contribution in [0.2, 0.25) is 0 Å². The Morgan fingerprint density at radius 3 is 2.39 bits per heavy atom. The predicted octanol–water partition coefficient (Wildman–Crippen LogP) is 3.97. The summed E-state index contributed by atoms with van der Waals surface area (Å²) in [5.41, 5.74) is 3.40. The van der Waals surface area contributed by atoms with Gasteiger partial charge in [-0.15, -0.1) is 0 Å². The van der Waals surface area contributed by atoms with Crippen LogP contribution in [0.25, 0.3) is 6.08 Å². The van der Waals surface area contributed by atoms with Gasteiger partial charge in [0.2, 0.25) is 0 Å². The molecule has 0 aliphatic carbocycles. The van der Waals surface area contributed by atoms with Gasteiger partial charge in [0.1, 0.15) is 5.71 Å². The number of para-hydroxylation sites is 1. The number of nitrogens with one attached hydrogen (secondary N) is 1. The van der Waals surface area contributed by atoms with Crippen LogP contribution in [0.1, 0.15) is 11.1 Å². The number of nitrogens with zero attached hydrogens (tertiary/aromatic N) is 2. The number of anilines is 1. The second-order valence-corrected chi connectivity index (χ2v) is 7.31. The van der Waals surface area contributed by atoms with Gasteiger partial charge in [-0.3, -0.25) is 9.59 Å². The number of hydrazone groups is 1. The first-order chi connectivity index (χ1) is 16.0. The van der Waals surface area contributed by atoms with Crippen LogP contribution < -0.4 is 14.8 Å². The van der Waals surface area contributed by atoms with Crippen molar-refractivity contribution in [3.63, 3.8) is 0 Å². The molecule has 1 heterocycles. The minimum Gasteiger partial charge on any atom is -0.493 e. The number of ether oxygens (including phenoxy) is 2. The molecule has 0 atom stereocenters. The topological polar surface area (TPSA) is 80.2 Å². The Morgan fingerprint density at radius 2 is 1.70 bits per heavy atom. The maximum atomic E-state index is 12.7. The molecule has 33 heavy (non-hydrogen) atoms. The highest BCUT2D eigenvalue weighted by atomic mass is 16.5. The summed E-state index contributed by atoms with van der Waals surface area (Å²) in [6.45, 7) is -0.167. The van der Waals surface area contributed by atoms with Crippen LogP contribution in [0.15, 0.2) is 89.5 Å². The molecule has 2 amide bonds. The molecule has 0 saturated carbocycles. The molecule has 1 aliphatic rings. The first kappa shape index (κ1) is 21.8. The van der Waals surface area contributed by atoms with Gasteiger partial charge < -0.3 is 14.8 Å². The maximum absolute atomic E-state index is 12.7. The zero-order valence-corrected chi connectivity index (χ0v) is 18.3. The molecule has 3 aromatic rings. The minimum absolute atomic E-state index is 0.167. The highest BCUT2D eigenvalue weighted by molar-refractivity contribution is 6.33. The lowest BCUT2D eigenvalue weighted by Gasteiger charge is -2.12. The number of carbonyl (C=O) groups excluding carboxylic acids is 2. The van der Waals surface area contributed by atoms with E-state index in [0.29, 0.717) is 28.5 Å². The van der Waals surface area contributed by atoms with E-state index in [-0.39, 0.29) is 18.4 Å². The van der Waals surface area contributed by atoms with E-state index >= 15 is 0 Å². The smallest absolute Gasteiger partial charge is 0.276 e. The van der Waals surface area contributed by atoms with Gasteiger partial charge >= 0.3 is 0 Å². The van der Waals surface area contributed by atoms with Crippen LogP contribution in [0, 0.1) is 0 Å². The van der Waals surface area contributed by atoms with Gasteiger partial charge in [0.05, 0.1) is 12.7 Å². The normalized spacial score (nSPS) is 14.2. The zero-order chi connectivity index (χ0) is 23.2. The standard InChI is InChI=1S/C26H23N3O4/c1-29-26(31)21(25(28-29)19-9-5-3-6-10-19)15-18-13-14-22(23(16-18)32-2)33-17-24(30)27-20-11-7-4-8-12-20/h3-16H,17H2,1-2H3,(H,27,30). The number of likely N-dealkylation sites (N-methyl/N-ethyl adjacent to an activating group) is 1. The summed E-state index contributed by atoms with van der Waals surface area (Å²) in [7, 11) is 3.15. The average molecular weight is 441 g/mol. The van der Waals surface area contributed by atoms with Crippen molar-refractivity contribution in [3.05, 3.63) is 95.6 Å². The Morgan fingerprint density at radius 1 is 1.00 bits per heavy atom. The number of carbonyl (C=O) groups is 2.